The Morgan fingerprint density at radius 2 is 0.635 bits per heavy atom. The quantitative estimate of drug-likeness (QED) is 0.230. The number of aromatic carboxylic acids is 3. The molecule has 0 saturated carbocycles. The van der Waals surface area contributed by atoms with Crippen molar-refractivity contribution in [2.75, 3.05) is 7.11 Å². The minimum absolute atomic E-state index is 0.111. The molecule has 0 spiro atoms. The van der Waals surface area contributed by atoms with Crippen molar-refractivity contribution in [2.24, 2.45) is 0 Å². The van der Waals surface area contributed by atoms with E-state index in [0.29, 0.717) is 10.8 Å². The number of carbonyl (C=O) groups excluding carboxylic acids is 4. The van der Waals surface area contributed by atoms with Crippen LogP contribution in [-0.4, -0.2) is 31.0 Å². The molecule has 14 heteroatoms. The summed E-state index contributed by atoms with van der Waals surface area (Å²) in [6.07, 6.45) is 0.111. The van der Waals surface area contributed by atoms with Gasteiger partial charge in [0.2, 0.25) is 0 Å². The zero-order valence-electron chi connectivity index (χ0n) is 34.3. The summed E-state index contributed by atoms with van der Waals surface area (Å²) in [7, 11) is 1.52. The van der Waals surface area contributed by atoms with E-state index < -0.39 is 23.9 Å². The molecular weight excluding hydrogens is 896 g/mol. The van der Waals surface area contributed by atoms with Crippen LogP contribution in [0.5, 0.6) is 5.75 Å². The molecule has 0 N–H and O–H groups in total. The summed E-state index contributed by atoms with van der Waals surface area (Å²) < 4.78 is 4.84. The van der Waals surface area contributed by atoms with E-state index in [1.807, 2.05) is 121 Å². The number of halogens is 1. The molecule has 0 fully saturated rings. The van der Waals surface area contributed by atoms with Crippen molar-refractivity contribution in [3.05, 3.63) is 222 Å². The molecule has 63 heavy (non-hydrogen) atoms. The number of carboxylic acids is 4. The van der Waals surface area contributed by atoms with Crippen LogP contribution < -0.4 is 25.2 Å². The van der Waals surface area contributed by atoms with Gasteiger partial charge in [0.05, 0.1) is 25.0 Å². The largest absolute Gasteiger partial charge is 0.550 e. The van der Waals surface area contributed by atoms with Crippen molar-refractivity contribution >= 4 is 86.0 Å². The Balaban J connectivity index is 0.000000704. The fourth-order valence-corrected chi connectivity index (χ4v) is 4.54. The number of carbonyl (C=O) groups is 4. The highest BCUT2D eigenvalue weighted by atomic mass is 35.5. The highest BCUT2D eigenvalue weighted by molar-refractivity contribution is 7.59. The van der Waals surface area contributed by atoms with E-state index in [-0.39, 0.29) is 23.1 Å². The molecular formula is C49H49ClO9S4. The first kappa shape index (κ1) is 56.9. The van der Waals surface area contributed by atoms with Crippen LogP contribution in [0.4, 0.5) is 0 Å². The van der Waals surface area contributed by atoms with E-state index in [1.54, 1.807) is 30.3 Å². The van der Waals surface area contributed by atoms with Gasteiger partial charge in [-0.25, -0.2) is 0 Å². The number of aliphatic carboxylic acids is 1. The summed E-state index contributed by atoms with van der Waals surface area (Å²) in [6, 6.07) is 59.7. The minimum atomic E-state index is -1.18. The monoisotopic (exact) mass is 944 g/mol. The molecule has 0 aromatic heterocycles. The summed E-state index contributed by atoms with van der Waals surface area (Å²) in [4.78, 5) is 44.3. The van der Waals surface area contributed by atoms with Gasteiger partial charge in [0.25, 0.3) is 0 Å². The Labute approximate surface area is 395 Å². The smallest absolute Gasteiger partial charge is 0.150 e. The Kier molecular flexibility index (Phi) is 33.0. The predicted octanol–water partition coefficient (Wildman–Crippen LogP) is 4.19. The molecule has 330 valence electrons. The molecule has 7 aromatic rings. The maximum absolute atomic E-state index is 10.2. The lowest BCUT2D eigenvalue weighted by atomic mass is 10.2. The molecule has 9 nitrogen and oxygen atoms in total. The van der Waals surface area contributed by atoms with Crippen LogP contribution in [0.1, 0.15) is 44.4 Å². The van der Waals surface area contributed by atoms with Crippen molar-refractivity contribution in [3.8, 4) is 5.75 Å². The lowest BCUT2D eigenvalue weighted by Crippen LogP contribution is -2.21. The molecule has 0 amide bonds. The fourth-order valence-electron chi connectivity index (χ4n) is 3.64. The Bertz CT molecular complexity index is 2090. The first-order valence-corrected chi connectivity index (χ1v) is 20.8. The molecule has 7 aromatic carbocycles. The Hall–Kier alpha value is -6.09. The van der Waals surface area contributed by atoms with Gasteiger partial charge in [0.1, 0.15) is 25.3 Å². The SMILES string of the molecule is CCC(=O)[O-].COc1ccc(C(=O)[O-])cc1.O=C([O-])c1ccc(Cl)cc1.O=C([O-])c1ccccc1.[SH2+]c1ccccc1.[SH2+]c1ccccc1.[SH2+]c1ccccc1.[SH2+]c1ccccc1. The molecule has 7 rings (SSSR count). The van der Waals surface area contributed by atoms with E-state index in [1.165, 1.54) is 62.6 Å². The number of hydrogen-bond donors (Lipinski definition) is 0. The van der Waals surface area contributed by atoms with Gasteiger partial charge in [-0.05, 0) is 159 Å². The molecule has 0 atom stereocenters. The van der Waals surface area contributed by atoms with Gasteiger partial charge in [-0.3, -0.25) is 0 Å². The normalized spacial score (nSPS) is 8.81. The van der Waals surface area contributed by atoms with Gasteiger partial charge in [-0.2, -0.15) is 0 Å². The van der Waals surface area contributed by atoms with Crippen LogP contribution in [-0.2, 0) is 55.3 Å². The van der Waals surface area contributed by atoms with E-state index >= 15 is 0 Å². The zero-order valence-corrected chi connectivity index (χ0v) is 39.1. The summed E-state index contributed by atoms with van der Waals surface area (Å²) in [5, 5.41) is 40.3. The molecule has 0 radical (unpaired) electrons. The third-order valence-corrected chi connectivity index (χ3v) is 8.38. The highest BCUT2D eigenvalue weighted by Gasteiger charge is 1.93. The van der Waals surface area contributed by atoms with Gasteiger partial charge >= 0.3 is 0 Å². The topological polar surface area (TPSA) is 170 Å². The van der Waals surface area contributed by atoms with Gasteiger partial charge in [0, 0.05) is 11.0 Å². The molecule has 0 saturated heterocycles. The second-order valence-electron chi connectivity index (χ2n) is 11.7. The molecule has 0 aliphatic carbocycles. The van der Waals surface area contributed by atoms with Crippen LogP contribution >= 0.6 is 11.6 Å². The number of hydrogen-bond acceptors (Lipinski definition) is 9. The van der Waals surface area contributed by atoms with E-state index in [4.69, 9.17) is 16.3 Å². The second-order valence-corrected chi connectivity index (χ2v) is 14.4. The van der Waals surface area contributed by atoms with Gasteiger partial charge in [0.15, 0.2) is 0 Å². The summed E-state index contributed by atoms with van der Waals surface area (Å²) in [5.74, 6) is -3.85. The maximum Gasteiger partial charge on any atom is 0.150 e. The number of rotatable bonds is 5. The van der Waals surface area contributed by atoms with Gasteiger partial charge in [-0.15, -0.1) is 0 Å². The fraction of sp³-hybridized carbons (Fsp3) is 0.0612. The van der Waals surface area contributed by atoms with Gasteiger partial charge in [-0.1, -0.05) is 134 Å². The van der Waals surface area contributed by atoms with Crippen molar-refractivity contribution in [2.45, 2.75) is 32.9 Å². The van der Waals surface area contributed by atoms with Crippen molar-refractivity contribution < 1.29 is 44.3 Å². The summed E-state index contributed by atoms with van der Waals surface area (Å²) in [5.41, 5.74) is 0.521. The lowest BCUT2D eigenvalue weighted by Gasteiger charge is -2.02. The third-order valence-electron chi connectivity index (χ3n) is 6.80. The van der Waals surface area contributed by atoms with Crippen molar-refractivity contribution in [3.63, 3.8) is 0 Å². The first-order chi connectivity index (χ1) is 30.1. The molecule has 0 aliphatic heterocycles. The average Bonchev–Trinajstić information content (AvgIpc) is 3.29. The van der Waals surface area contributed by atoms with E-state index in [2.05, 4.69) is 50.5 Å². The zero-order chi connectivity index (χ0) is 47.3. The van der Waals surface area contributed by atoms with Crippen LogP contribution in [0, 0.1) is 0 Å². The molecule has 0 unspecified atom stereocenters. The van der Waals surface area contributed by atoms with Crippen LogP contribution in [0.3, 0.4) is 0 Å². The van der Waals surface area contributed by atoms with E-state index in [0.717, 1.165) is 19.6 Å². The average molecular weight is 946 g/mol. The van der Waals surface area contributed by atoms with Crippen LogP contribution in [0.2, 0.25) is 5.02 Å². The second kappa shape index (κ2) is 36.6. The number of ether oxygens (including phenoxy) is 1. The predicted molar refractivity (Wildman–Crippen MR) is 259 cm³/mol. The lowest BCUT2D eigenvalue weighted by molar-refractivity contribution is -0.305. The van der Waals surface area contributed by atoms with Crippen LogP contribution in [0.25, 0.3) is 0 Å². The van der Waals surface area contributed by atoms with Crippen molar-refractivity contribution in [1.29, 1.82) is 0 Å². The van der Waals surface area contributed by atoms with Gasteiger partial charge < -0.3 is 44.3 Å². The molecule has 0 bridgehead atoms. The first-order valence-electron chi connectivity index (χ1n) is 18.4. The maximum atomic E-state index is 10.2. The number of benzene rings is 7. The number of methoxy groups -OCH3 is 1. The van der Waals surface area contributed by atoms with Crippen molar-refractivity contribution in [1.82, 2.24) is 0 Å². The summed E-state index contributed by atoms with van der Waals surface area (Å²) >= 11 is 18.9. The summed E-state index contributed by atoms with van der Waals surface area (Å²) in [6.45, 7) is 1.54. The third kappa shape index (κ3) is 33.2. The highest BCUT2D eigenvalue weighted by Crippen LogP contribution is 2.10. The van der Waals surface area contributed by atoms with Crippen LogP contribution in [0.15, 0.2) is 220 Å². The standard InChI is InChI=1S/C8H8O3.C7H5ClO2.C7H6O2.4C6H6S.C3H6O2/c1-11-7-4-2-6(3-5-7)8(9)10;8-6-3-1-5(2-4-6)7(9)10;8-7(9)6-4-2-1-3-5-6;4*7-6-4-2-1-3-5-6;1-2-3(4)5/h2-5H,1H3,(H,9,10);1-4H,(H,9,10);1-5H,(H,8,9);4*1-5,7H;2H2,1H3,(H,4,5). The van der Waals surface area contributed by atoms with E-state index in [9.17, 15) is 39.6 Å². The Morgan fingerprint density at radius 3 is 0.810 bits per heavy atom. The number of carboxylic acid groups (broad SMARTS) is 4. The molecule has 0 heterocycles. The Morgan fingerprint density at radius 1 is 0.413 bits per heavy atom. The molecule has 0 aliphatic rings. The minimum Gasteiger partial charge on any atom is -0.550 e.